The van der Waals surface area contributed by atoms with Gasteiger partial charge in [0.15, 0.2) is 0 Å². The van der Waals surface area contributed by atoms with E-state index >= 15 is 0 Å². The van der Waals surface area contributed by atoms with Crippen molar-refractivity contribution in [1.82, 2.24) is 4.98 Å². The van der Waals surface area contributed by atoms with Gasteiger partial charge in [-0.15, -0.1) is 0 Å². The Morgan fingerprint density at radius 2 is 2.25 bits per heavy atom. The first-order valence-corrected chi connectivity index (χ1v) is 4.42. The van der Waals surface area contributed by atoms with Gasteiger partial charge < -0.3 is 0 Å². The number of aromatic nitrogens is 1. The molecule has 0 saturated carbocycles. The SMILES string of the molecule is C=c1cnc(CC)c/c1=C/CC. The first-order valence-electron chi connectivity index (χ1n) is 4.42. The van der Waals surface area contributed by atoms with Crippen molar-refractivity contribution >= 4 is 12.7 Å². The third kappa shape index (κ3) is 1.94. The minimum atomic E-state index is 0.991. The lowest BCUT2D eigenvalue weighted by atomic mass is 10.2. The Balaban J connectivity index is 3.27. The molecular weight excluding hydrogens is 146 g/mol. The van der Waals surface area contributed by atoms with Gasteiger partial charge >= 0.3 is 0 Å². The van der Waals surface area contributed by atoms with Gasteiger partial charge in [-0.05, 0) is 29.3 Å². The zero-order chi connectivity index (χ0) is 8.97. The molecule has 1 aromatic heterocycles. The standard InChI is InChI=1S/C11H15N/c1-4-6-10-7-11(5-2)12-8-9(10)3/h6-8H,3-5H2,1-2H3/b10-6-. The van der Waals surface area contributed by atoms with Crippen molar-refractivity contribution in [3.05, 3.63) is 28.4 Å². The summed E-state index contributed by atoms with van der Waals surface area (Å²) in [4.78, 5) is 4.26. The maximum absolute atomic E-state index is 4.26. The molecule has 12 heavy (non-hydrogen) atoms. The molecule has 0 aliphatic heterocycles. The van der Waals surface area contributed by atoms with E-state index in [1.807, 2.05) is 6.20 Å². The summed E-state index contributed by atoms with van der Waals surface area (Å²) in [5.74, 6) is 0. The van der Waals surface area contributed by atoms with E-state index in [0.717, 1.165) is 23.8 Å². The number of aryl methyl sites for hydroxylation is 1. The number of pyridine rings is 1. The van der Waals surface area contributed by atoms with Crippen LogP contribution in [0.25, 0.3) is 12.7 Å². The van der Waals surface area contributed by atoms with Gasteiger partial charge in [0.05, 0.1) is 0 Å². The molecule has 0 saturated heterocycles. The van der Waals surface area contributed by atoms with Crippen LogP contribution in [0, 0.1) is 0 Å². The number of nitrogens with zero attached hydrogens (tertiary/aromatic N) is 1. The summed E-state index contributed by atoms with van der Waals surface area (Å²) in [6.45, 7) is 8.16. The van der Waals surface area contributed by atoms with Crippen LogP contribution in [0.15, 0.2) is 12.3 Å². The van der Waals surface area contributed by atoms with Crippen LogP contribution in [0.5, 0.6) is 0 Å². The van der Waals surface area contributed by atoms with E-state index in [0.29, 0.717) is 0 Å². The molecule has 0 amide bonds. The van der Waals surface area contributed by atoms with E-state index in [1.54, 1.807) is 0 Å². The molecule has 1 aromatic rings. The summed E-state index contributed by atoms with van der Waals surface area (Å²) in [6.07, 6.45) is 6.07. The zero-order valence-electron chi connectivity index (χ0n) is 7.80. The van der Waals surface area contributed by atoms with Crippen LogP contribution in [0.4, 0.5) is 0 Å². The van der Waals surface area contributed by atoms with Crippen molar-refractivity contribution in [2.24, 2.45) is 0 Å². The molecule has 0 aliphatic rings. The van der Waals surface area contributed by atoms with Crippen molar-refractivity contribution in [3.63, 3.8) is 0 Å². The predicted octanol–water partition coefficient (Wildman–Crippen LogP) is 1.24. The third-order valence-corrected chi connectivity index (χ3v) is 1.87. The zero-order valence-corrected chi connectivity index (χ0v) is 7.80. The van der Waals surface area contributed by atoms with Crippen LogP contribution in [0.1, 0.15) is 26.0 Å². The van der Waals surface area contributed by atoms with Crippen molar-refractivity contribution < 1.29 is 0 Å². The molecule has 0 aliphatic carbocycles. The average molecular weight is 161 g/mol. The van der Waals surface area contributed by atoms with Crippen molar-refractivity contribution in [2.75, 3.05) is 0 Å². The Morgan fingerprint density at radius 1 is 1.50 bits per heavy atom. The van der Waals surface area contributed by atoms with Crippen LogP contribution in [-0.4, -0.2) is 4.98 Å². The highest BCUT2D eigenvalue weighted by Crippen LogP contribution is 1.86. The van der Waals surface area contributed by atoms with Gasteiger partial charge in [0.25, 0.3) is 0 Å². The Hall–Kier alpha value is -1.11. The topological polar surface area (TPSA) is 12.9 Å². The monoisotopic (exact) mass is 161 g/mol. The first-order chi connectivity index (χ1) is 5.77. The van der Waals surface area contributed by atoms with E-state index in [2.05, 4.69) is 37.6 Å². The smallest absolute Gasteiger partial charge is 0.0407 e. The molecule has 0 unspecified atom stereocenters. The minimum absolute atomic E-state index is 0.991. The maximum Gasteiger partial charge on any atom is 0.0407 e. The van der Waals surface area contributed by atoms with Crippen LogP contribution in [-0.2, 0) is 6.42 Å². The Morgan fingerprint density at radius 3 is 2.83 bits per heavy atom. The second-order valence-electron chi connectivity index (χ2n) is 2.84. The molecule has 0 fully saturated rings. The summed E-state index contributed by atoms with van der Waals surface area (Å²) in [6, 6.07) is 2.12. The third-order valence-electron chi connectivity index (χ3n) is 1.87. The Labute approximate surface area is 73.5 Å². The van der Waals surface area contributed by atoms with Crippen LogP contribution in [0.2, 0.25) is 0 Å². The Bertz CT molecular complexity index is 352. The second kappa shape index (κ2) is 4.05. The van der Waals surface area contributed by atoms with E-state index in [4.69, 9.17) is 0 Å². The van der Waals surface area contributed by atoms with Gasteiger partial charge in [0.2, 0.25) is 0 Å². The molecule has 1 heteroatoms. The predicted molar refractivity (Wildman–Crippen MR) is 53.1 cm³/mol. The summed E-state index contributed by atoms with van der Waals surface area (Å²) in [7, 11) is 0. The molecule has 0 N–H and O–H groups in total. The van der Waals surface area contributed by atoms with E-state index < -0.39 is 0 Å². The lowest BCUT2D eigenvalue weighted by molar-refractivity contribution is 1.02. The molecule has 64 valence electrons. The number of hydrogen-bond acceptors (Lipinski definition) is 1. The molecule has 0 bridgehead atoms. The van der Waals surface area contributed by atoms with Crippen LogP contribution >= 0.6 is 0 Å². The molecule has 1 nitrogen and oxygen atoms in total. The minimum Gasteiger partial charge on any atom is -0.261 e. The van der Waals surface area contributed by atoms with Crippen LogP contribution < -0.4 is 10.4 Å². The average Bonchev–Trinajstić information content (AvgIpc) is 2.09. The van der Waals surface area contributed by atoms with Gasteiger partial charge in [-0.3, -0.25) is 4.98 Å². The first kappa shape index (κ1) is 8.98. The van der Waals surface area contributed by atoms with Gasteiger partial charge in [0, 0.05) is 11.9 Å². The van der Waals surface area contributed by atoms with Gasteiger partial charge in [-0.25, -0.2) is 0 Å². The summed E-state index contributed by atoms with van der Waals surface area (Å²) < 4.78 is 0. The van der Waals surface area contributed by atoms with Crippen molar-refractivity contribution in [2.45, 2.75) is 26.7 Å². The second-order valence-corrected chi connectivity index (χ2v) is 2.84. The molecule has 0 radical (unpaired) electrons. The highest BCUT2D eigenvalue weighted by Gasteiger charge is 1.88. The van der Waals surface area contributed by atoms with E-state index in [1.165, 1.54) is 5.22 Å². The highest BCUT2D eigenvalue weighted by atomic mass is 14.7. The molecule has 1 rings (SSSR count). The fraction of sp³-hybridized carbons (Fsp3) is 0.364. The molecule has 0 atom stereocenters. The largest absolute Gasteiger partial charge is 0.261 e. The van der Waals surface area contributed by atoms with E-state index in [9.17, 15) is 0 Å². The molecule has 1 heterocycles. The summed E-state index contributed by atoms with van der Waals surface area (Å²) in [5.41, 5.74) is 1.14. The summed E-state index contributed by atoms with van der Waals surface area (Å²) >= 11 is 0. The highest BCUT2D eigenvalue weighted by molar-refractivity contribution is 5.26. The number of hydrogen-bond donors (Lipinski definition) is 0. The maximum atomic E-state index is 4.26. The lowest BCUT2D eigenvalue weighted by Crippen LogP contribution is -2.24. The quantitative estimate of drug-likeness (QED) is 0.636. The number of rotatable bonds is 2. The van der Waals surface area contributed by atoms with Gasteiger partial charge in [-0.2, -0.15) is 0 Å². The summed E-state index contributed by atoms with van der Waals surface area (Å²) in [5, 5.41) is 2.25. The van der Waals surface area contributed by atoms with E-state index in [-0.39, 0.29) is 0 Å². The molecule has 0 aromatic carbocycles. The van der Waals surface area contributed by atoms with Crippen molar-refractivity contribution in [3.8, 4) is 0 Å². The van der Waals surface area contributed by atoms with Gasteiger partial charge in [-0.1, -0.05) is 26.5 Å². The normalized spacial score (nSPS) is 12.0. The Kier molecular flexibility index (Phi) is 3.03. The van der Waals surface area contributed by atoms with Crippen LogP contribution in [0.3, 0.4) is 0 Å². The fourth-order valence-electron chi connectivity index (χ4n) is 1.15. The molecular formula is C11H15N. The fourth-order valence-corrected chi connectivity index (χ4v) is 1.15. The molecule has 0 spiro atoms. The van der Waals surface area contributed by atoms with Gasteiger partial charge in [0.1, 0.15) is 0 Å². The lowest BCUT2D eigenvalue weighted by Gasteiger charge is -1.94. The van der Waals surface area contributed by atoms with Crippen molar-refractivity contribution in [1.29, 1.82) is 0 Å².